The monoisotopic (exact) mass is 422 g/mol. The number of rotatable bonds is 5. The van der Waals surface area contributed by atoms with Crippen LogP contribution in [0.5, 0.6) is 0 Å². The lowest BCUT2D eigenvalue weighted by Crippen LogP contribution is -2.46. The van der Waals surface area contributed by atoms with E-state index in [0.717, 1.165) is 38.4 Å². The molecule has 3 aromatic rings. The molecule has 1 aliphatic heterocycles. The van der Waals surface area contributed by atoms with Gasteiger partial charge in [-0.2, -0.15) is 9.78 Å². The Hall–Kier alpha value is -2.63. The number of piperazine rings is 1. The second-order valence-corrected chi connectivity index (χ2v) is 8.43. The highest BCUT2D eigenvalue weighted by Gasteiger charge is 2.21. The number of hydrogen-bond donors (Lipinski definition) is 0. The van der Waals surface area contributed by atoms with Gasteiger partial charge in [0.05, 0.1) is 17.6 Å². The van der Waals surface area contributed by atoms with E-state index in [4.69, 9.17) is 11.6 Å². The van der Waals surface area contributed by atoms with E-state index in [-0.39, 0.29) is 10.6 Å². The Balaban J connectivity index is 1.41. The summed E-state index contributed by atoms with van der Waals surface area (Å²) in [5.41, 5.74) is 3.85. The molecule has 2 aromatic carbocycles. The van der Waals surface area contributed by atoms with Crippen LogP contribution in [-0.2, 0) is 6.54 Å². The van der Waals surface area contributed by atoms with Gasteiger partial charge < -0.3 is 4.90 Å². The van der Waals surface area contributed by atoms with Crippen LogP contribution in [0.4, 0.5) is 5.69 Å². The summed E-state index contributed by atoms with van der Waals surface area (Å²) in [6.07, 6.45) is 1.71. The van der Waals surface area contributed by atoms with E-state index in [1.807, 2.05) is 30.3 Å². The normalized spacial score (nSPS) is 15.0. The van der Waals surface area contributed by atoms with Crippen LogP contribution in [0.2, 0.25) is 5.02 Å². The second kappa shape index (κ2) is 9.02. The zero-order chi connectivity index (χ0) is 21.1. The Morgan fingerprint density at radius 3 is 2.27 bits per heavy atom. The van der Waals surface area contributed by atoms with Crippen molar-refractivity contribution in [1.29, 1.82) is 0 Å². The van der Waals surface area contributed by atoms with Crippen LogP contribution in [0.25, 0.3) is 5.69 Å². The van der Waals surface area contributed by atoms with Gasteiger partial charge in [-0.1, -0.05) is 67.9 Å². The van der Waals surface area contributed by atoms with Crippen LogP contribution in [0.15, 0.2) is 65.6 Å². The molecule has 0 unspecified atom stereocenters. The molecule has 6 heteroatoms. The van der Waals surface area contributed by atoms with Crippen molar-refractivity contribution in [2.75, 3.05) is 31.1 Å². The van der Waals surface area contributed by atoms with Crippen molar-refractivity contribution in [2.24, 2.45) is 0 Å². The van der Waals surface area contributed by atoms with Gasteiger partial charge in [0.25, 0.3) is 5.56 Å². The largest absolute Gasteiger partial charge is 0.366 e. The zero-order valence-electron chi connectivity index (χ0n) is 17.5. The average molecular weight is 423 g/mol. The molecule has 0 atom stereocenters. The minimum Gasteiger partial charge on any atom is -0.366 e. The van der Waals surface area contributed by atoms with Gasteiger partial charge in [0.2, 0.25) is 0 Å². The molecule has 0 radical (unpaired) electrons. The third-order valence-electron chi connectivity index (χ3n) is 5.67. The number of aromatic nitrogens is 2. The van der Waals surface area contributed by atoms with Crippen molar-refractivity contribution in [3.05, 3.63) is 87.3 Å². The molecule has 0 spiro atoms. The Morgan fingerprint density at radius 1 is 0.967 bits per heavy atom. The van der Waals surface area contributed by atoms with Gasteiger partial charge in [-0.15, -0.1) is 0 Å². The summed E-state index contributed by atoms with van der Waals surface area (Å²) in [7, 11) is 0. The molecule has 1 saturated heterocycles. The van der Waals surface area contributed by atoms with E-state index in [2.05, 4.69) is 53.0 Å². The highest BCUT2D eigenvalue weighted by Crippen LogP contribution is 2.24. The first-order valence-electron chi connectivity index (χ1n) is 10.4. The fraction of sp³-hybridized carbons (Fsp3) is 0.333. The lowest BCUT2D eigenvalue weighted by atomic mass is 10.0. The van der Waals surface area contributed by atoms with Crippen molar-refractivity contribution in [3.63, 3.8) is 0 Å². The molecule has 0 saturated carbocycles. The molecule has 0 N–H and O–H groups in total. The van der Waals surface area contributed by atoms with Crippen LogP contribution >= 0.6 is 11.6 Å². The first-order valence-corrected chi connectivity index (χ1v) is 10.8. The highest BCUT2D eigenvalue weighted by atomic mass is 35.5. The number of nitrogens with zero attached hydrogens (tertiary/aromatic N) is 4. The van der Waals surface area contributed by atoms with Crippen LogP contribution in [0.3, 0.4) is 0 Å². The van der Waals surface area contributed by atoms with Crippen LogP contribution in [-0.4, -0.2) is 40.9 Å². The van der Waals surface area contributed by atoms with Gasteiger partial charge in [0.1, 0.15) is 5.02 Å². The smallest absolute Gasteiger partial charge is 0.292 e. The summed E-state index contributed by atoms with van der Waals surface area (Å²) in [5, 5.41) is 4.59. The SMILES string of the molecule is CC(C)c1ccc(CN2CCN(c3cnn(-c4ccccc4)c(=O)c3Cl)CC2)cc1. The molecule has 2 heterocycles. The number of halogens is 1. The maximum Gasteiger partial charge on any atom is 0.292 e. The molecular weight excluding hydrogens is 396 g/mol. The Labute approximate surface area is 182 Å². The maximum atomic E-state index is 12.7. The zero-order valence-corrected chi connectivity index (χ0v) is 18.2. The molecule has 30 heavy (non-hydrogen) atoms. The molecule has 0 aliphatic carbocycles. The van der Waals surface area contributed by atoms with Crippen molar-refractivity contribution in [3.8, 4) is 5.69 Å². The molecule has 0 bridgehead atoms. The lowest BCUT2D eigenvalue weighted by Gasteiger charge is -2.36. The number of hydrogen-bond acceptors (Lipinski definition) is 4. The minimum atomic E-state index is -0.284. The highest BCUT2D eigenvalue weighted by molar-refractivity contribution is 6.33. The van der Waals surface area contributed by atoms with Gasteiger partial charge in [-0.25, -0.2) is 0 Å². The minimum absolute atomic E-state index is 0.228. The molecule has 0 amide bonds. The standard InChI is InChI=1S/C24H27ClN4O/c1-18(2)20-10-8-19(9-11-20)17-27-12-14-28(15-13-27)22-16-26-29(24(30)23(22)25)21-6-4-3-5-7-21/h3-11,16,18H,12-15,17H2,1-2H3. The number of para-hydroxylation sites is 1. The van der Waals surface area contributed by atoms with E-state index < -0.39 is 0 Å². The van der Waals surface area contributed by atoms with E-state index >= 15 is 0 Å². The van der Waals surface area contributed by atoms with Crippen molar-refractivity contribution in [2.45, 2.75) is 26.3 Å². The van der Waals surface area contributed by atoms with Gasteiger partial charge in [-0.3, -0.25) is 9.69 Å². The predicted octanol–water partition coefficient (Wildman–Crippen LogP) is 4.33. The van der Waals surface area contributed by atoms with Gasteiger partial charge in [0.15, 0.2) is 0 Å². The van der Waals surface area contributed by atoms with Crippen LogP contribution < -0.4 is 10.5 Å². The fourth-order valence-corrected chi connectivity index (χ4v) is 4.06. The molecule has 1 aliphatic rings. The maximum absolute atomic E-state index is 12.7. The fourth-order valence-electron chi connectivity index (χ4n) is 3.81. The van der Waals surface area contributed by atoms with E-state index in [1.165, 1.54) is 15.8 Å². The van der Waals surface area contributed by atoms with Crippen molar-refractivity contribution >= 4 is 17.3 Å². The van der Waals surface area contributed by atoms with E-state index in [1.54, 1.807) is 6.20 Å². The molecule has 4 rings (SSSR count). The first kappa shape index (κ1) is 20.6. The van der Waals surface area contributed by atoms with Crippen LogP contribution in [0, 0.1) is 0 Å². The van der Waals surface area contributed by atoms with Crippen molar-refractivity contribution in [1.82, 2.24) is 14.7 Å². The summed E-state index contributed by atoms with van der Waals surface area (Å²) in [5.74, 6) is 0.554. The lowest BCUT2D eigenvalue weighted by molar-refractivity contribution is 0.250. The second-order valence-electron chi connectivity index (χ2n) is 8.06. The summed E-state index contributed by atoms with van der Waals surface area (Å²) >= 11 is 6.46. The Morgan fingerprint density at radius 2 is 1.63 bits per heavy atom. The van der Waals surface area contributed by atoms with Crippen LogP contribution in [0.1, 0.15) is 30.9 Å². The Kier molecular flexibility index (Phi) is 6.21. The average Bonchev–Trinajstić information content (AvgIpc) is 2.77. The molecule has 1 fully saturated rings. The Bertz CT molecular complexity index is 1040. The van der Waals surface area contributed by atoms with Gasteiger partial charge in [0, 0.05) is 32.7 Å². The third kappa shape index (κ3) is 4.42. The summed E-state index contributed by atoms with van der Waals surface area (Å²) in [6.45, 7) is 8.85. The molecule has 156 valence electrons. The van der Waals surface area contributed by atoms with Crippen molar-refractivity contribution < 1.29 is 0 Å². The quantitative estimate of drug-likeness (QED) is 0.613. The van der Waals surface area contributed by atoms with E-state index in [0.29, 0.717) is 11.6 Å². The number of anilines is 1. The molecular formula is C24H27ClN4O. The molecule has 1 aromatic heterocycles. The summed E-state index contributed by atoms with van der Waals surface area (Å²) in [4.78, 5) is 17.3. The first-order chi connectivity index (χ1) is 14.5. The van der Waals surface area contributed by atoms with E-state index in [9.17, 15) is 4.79 Å². The number of benzene rings is 2. The van der Waals surface area contributed by atoms with Gasteiger partial charge >= 0.3 is 0 Å². The molecule has 5 nitrogen and oxygen atoms in total. The van der Waals surface area contributed by atoms with Gasteiger partial charge in [-0.05, 0) is 29.2 Å². The summed E-state index contributed by atoms with van der Waals surface area (Å²) in [6, 6.07) is 18.3. The third-order valence-corrected chi connectivity index (χ3v) is 6.02. The summed E-state index contributed by atoms with van der Waals surface area (Å²) < 4.78 is 1.35. The predicted molar refractivity (Wildman–Crippen MR) is 123 cm³/mol. The topological polar surface area (TPSA) is 41.4 Å².